The van der Waals surface area contributed by atoms with Crippen LogP contribution in [-0.4, -0.2) is 44.4 Å². The number of nitrogens with zero attached hydrogens (tertiary/aromatic N) is 2. The van der Waals surface area contributed by atoms with E-state index < -0.39 is 0 Å². The van der Waals surface area contributed by atoms with E-state index in [0.29, 0.717) is 5.75 Å². The summed E-state index contributed by atoms with van der Waals surface area (Å²) >= 11 is 0. The Hall–Kier alpha value is -1.25. The molecular weight excluding hydrogens is 284 g/mol. The molecule has 0 N–H and O–H groups in total. The third kappa shape index (κ3) is 3.02. The van der Waals surface area contributed by atoms with Gasteiger partial charge in [-0.05, 0) is 19.4 Å². The third-order valence-corrected chi connectivity index (χ3v) is 6.36. The summed E-state index contributed by atoms with van der Waals surface area (Å²) in [5.41, 5.74) is 3.70. The van der Waals surface area contributed by atoms with Crippen molar-refractivity contribution in [3.8, 4) is 17.1 Å². The fourth-order valence-corrected chi connectivity index (χ4v) is 5.29. The quantitative estimate of drug-likeness (QED) is 0.783. The van der Waals surface area contributed by atoms with E-state index in [1.165, 1.54) is 16.3 Å². The highest BCUT2D eigenvalue weighted by Gasteiger charge is 2.11. The number of methoxy groups -OCH3 is 1. The van der Waals surface area contributed by atoms with E-state index in [0.717, 1.165) is 29.0 Å². The Morgan fingerprint density at radius 2 is 1.84 bits per heavy atom. The van der Waals surface area contributed by atoms with Crippen LogP contribution in [-0.2, 0) is 0 Å². The Morgan fingerprint density at radius 3 is 2.42 bits per heavy atom. The second-order valence-electron chi connectivity index (χ2n) is 4.13. The van der Waals surface area contributed by atoms with Gasteiger partial charge in [0.15, 0.2) is 11.6 Å². The number of benzene rings is 1. The summed E-state index contributed by atoms with van der Waals surface area (Å²) in [6.07, 6.45) is 3.41. The van der Waals surface area contributed by atoms with E-state index in [2.05, 4.69) is 45.7 Å². The van der Waals surface area contributed by atoms with Crippen LogP contribution in [0.4, 0.5) is 0 Å². The van der Waals surface area contributed by atoms with Crippen LogP contribution in [0.3, 0.4) is 0 Å². The van der Waals surface area contributed by atoms with Crippen molar-refractivity contribution in [2.45, 2.75) is 13.8 Å². The fraction of sp³-hybridized carbons (Fsp3) is 0.231. The highest BCUT2D eigenvalue weighted by atomic mass is 29.5. The first-order valence-electron chi connectivity index (χ1n) is 5.81. The minimum absolute atomic E-state index is 0.678. The van der Waals surface area contributed by atoms with Gasteiger partial charge < -0.3 is 4.74 Å². The summed E-state index contributed by atoms with van der Waals surface area (Å²) in [5.74, 6) is 1.43. The molecule has 0 fully saturated rings. The summed E-state index contributed by atoms with van der Waals surface area (Å²) in [7, 11) is 6.75. The van der Waals surface area contributed by atoms with Gasteiger partial charge in [0.05, 0.1) is 28.5 Å². The van der Waals surface area contributed by atoms with Crippen molar-refractivity contribution in [3.05, 3.63) is 35.7 Å². The predicted octanol–water partition coefficient (Wildman–Crippen LogP) is 0.801. The van der Waals surface area contributed by atoms with E-state index in [-0.39, 0.29) is 0 Å². The molecule has 0 aliphatic rings. The minimum Gasteiger partial charge on any atom is -0.494 e. The first-order valence-corrected chi connectivity index (χ1v) is 10.3. The first kappa shape index (κ1) is 14.2. The molecule has 1 heterocycles. The van der Waals surface area contributed by atoms with Gasteiger partial charge in [-0.25, -0.2) is 9.97 Å². The van der Waals surface area contributed by atoms with Crippen molar-refractivity contribution < 1.29 is 4.74 Å². The van der Waals surface area contributed by atoms with Gasteiger partial charge in [0.2, 0.25) is 0 Å². The molecule has 2 rings (SSSR count). The Labute approximate surface area is 121 Å². The third-order valence-electron chi connectivity index (χ3n) is 2.97. The summed E-state index contributed by atoms with van der Waals surface area (Å²) in [6.45, 7) is 4.30. The first-order chi connectivity index (χ1) is 9.17. The molecule has 6 heteroatoms. The van der Waals surface area contributed by atoms with E-state index in [1.54, 1.807) is 19.5 Å². The van der Waals surface area contributed by atoms with Crippen LogP contribution in [0.25, 0.3) is 11.4 Å². The molecular formula is C13H13N2OSi3. The van der Waals surface area contributed by atoms with Crippen LogP contribution in [0, 0.1) is 13.8 Å². The molecule has 2 aromatic rings. The van der Waals surface area contributed by atoms with Crippen molar-refractivity contribution >= 4 is 32.5 Å². The maximum Gasteiger partial charge on any atom is 0.159 e. The van der Waals surface area contributed by atoms with E-state index in [1.807, 2.05) is 0 Å². The fourth-order valence-electron chi connectivity index (χ4n) is 1.90. The lowest BCUT2D eigenvalue weighted by atomic mass is 10.0. The maximum absolute atomic E-state index is 5.09. The van der Waals surface area contributed by atoms with Crippen LogP contribution in [0.2, 0.25) is 0 Å². The number of hydrogen-bond acceptors (Lipinski definition) is 3. The predicted molar refractivity (Wildman–Crippen MR) is 80.4 cm³/mol. The largest absolute Gasteiger partial charge is 0.494 e. The average Bonchev–Trinajstić information content (AvgIpc) is 2.44. The topological polar surface area (TPSA) is 35.0 Å². The summed E-state index contributed by atoms with van der Waals surface area (Å²) < 4.78 is 5.09. The summed E-state index contributed by atoms with van der Waals surface area (Å²) in [4.78, 5) is 8.74. The molecule has 0 aliphatic heterocycles. The van der Waals surface area contributed by atoms with Gasteiger partial charge in [-0.2, -0.15) is 0 Å². The zero-order valence-corrected chi connectivity index (χ0v) is 14.1. The second kappa shape index (κ2) is 6.27. The number of aromatic nitrogens is 2. The highest BCUT2D eigenvalue weighted by Crippen LogP contribution is 2.20. The van der Waals surface area contributed by atoms with Crippen LogP contribution >= 0.6 is 0 Å². The molecule has 7 radical (unpaired) electrons. The second-order valence-corrected chi connectivity index (χ2v) is 8.88. The monoisotopic (exact) mass is 297 g/mol. The molecule has 0 atom stereocenters. The molecule has 0 spiro atoms. The molecule has 0 aliphatic carbocycles. The Balaban J connectivity index is 2.46. The molecule has 1 aromatic carbocycles. The SMILES string of the molecule is COc1cnc(-c2ccc(C)c([Si][Si][Si])c2C)nc1. The van der Waals surface area contributed by atoms with E-state index >= 15 is 0 Å². The lowest BCUT2D eigenvalue weighted by Crippen LogP contribution is -2.27. The molecule has 0 bridgehead atoms. The highest BCUT2D eigenvalue weighted by molar-refractivity contribution is 7.27. The Bertz CT molecular complexity index is 573. The lowest BCUT2D eigenvalue weighted by Gasteiger charge is -2.12. The van der Waals surface area contributed by atoms with E-state index in [9.17, 15) is 0 Å². The Kier molecular flexibility index (Phi) is 4.67. The van der Waals surface area contributed by atoms with Gasteiger partial charge in [0.1, 0.15) is 0 Å². The number of rotatable bonds is 4. The molecule has 3 nitrogen and oxygen atoms in total. The van der Waals surface area contributed by atoms with Gasteiger partial charge in [-0.15, -0.1) is 0 Å². The zero-order valence-electron chi connectivity index (χ0n) is 11.1. The maximum atomic E-state index is 5.09. The minimum atomic E-state index is 0.678. The van der Waals surface area contributed by atoms with Crippen LogP contribution in [0.15, 0.2) is 24.5 Å². The van der Waals surface area contributed by atoms with Crippen LogP contribution < -0.4 is 9.92 Å². The van der Waals surface area contributed by atoms with Gasteiger partial charge in [0, 0.05) is 23.9 Å². The van der Waals surface area contributed by atoms with Crippen molar-refractivity contribution in [2.24, 2.45) is 0 Å². The van der Waals surface area contributed by atoms with Crippen LogP contribution in [0.1, 0.15) is 11.1 Å². The molecule has 0 saturated carbocycles. The van der Waals surface area contributed by atoms with E-state index in [4.69, 9.17) is 4.74 Å². The molecule has 93 valence electrons. The van der Waals surface area contributed by atoms with Gasteiger partial charge in [0.25, 0.3) is 0 Å². The number of ether oxygens (including phenoxy) is 1. The average molecular weight is 298 g/mol. The van der Waals surface area contributed by atoms with Gasteiger partial charge in [-0.3, -0.25) is 0 Å². The molecule has 0 unspecified atom stereocenters. The van der Waals surface area contributed by atoms with Gasteiger partial charge in [-0.1, -0.05) is 22.9 Å². The molecule has 0 amide bonds. The number of hydrogen-bond donors (Lipinski definition) is 0. The molecule has 1 aromatic heterocycles. The molecule has 19 heavy (non-hydrogen) atoms. The van der Waals surface area contributed by atoms with Crippen molar-refractivity contribution in [3.63, 3.8) is 0 Å². The Morgan fingerprint density at radius 1 is 1.16 bits per heavy atom. The number of aryl methyl sites for hydroxylation is 1. The van der Waals surface area contributed by atoms with Gasteiger partial charge >= 0.3 is 0 Å². The standard InChI is InChI=1S/C13H13N2OSi3/c1-8-4-5-11(9(2)12(8)18-19-17)13-14-6-10(16-3)7-15-13/h4-7H,1-3H3. The lowest BCUT2D eigenvalue weighted by molar-refractivity contribution is 0.411. The molecule has 0 saturated heterocycles. The van der Waals surface area contributed by atoms with Crippen molar-refractivity contribution in [2.75, 3.05) is 7.11 Å². The summed E-state index contributed by atoms with van der Waals surface area (Å²) in [6, 6.07) is 4.24. The smallest absolute Gasteiger partial charge is 0.159 e. The zero-order chi connectivity index (χ0) is 13.8. The van der Waals surface area contributed by atoms with Crippen LogP contribution in [0.5, 0.6) is 5.75 Å². The van der Waals surface area contributed by atoms with Crippen molar-refractivity contribution in [1.82, 2.24) is 9.97 Å². The van der Waals surface area contributed by atoms with Crippen molar-refractivity contribution in [1.29, 1.82) is 0 Å². The summed E-state index contributed by atoms with van der Waals surface area (Å²) in [5, 5.41) is 1.41. The normalized spacial score (nSPS) is 10.5.